The number of benzene rings is 3. The lowest BCUT2D eigenvalue weighted by atomic mass is 9.98. The number of nitrogens with one attached hydrogen (secondary N) is 1. The number of para-hydroxylation sites is 3. The maximum atomic E-state index is 13.7. The number of phenols is 1. The summed E-state index contributed by atoms with van der Waals surface area (Å²) in [7, 11) is 0. The van der Waals surface area contributed by atoms with Crippen LogP contribution in [0.15, 0.2) is 83.3 Å². The van der Waals surface area contributed by atoms with Gasteiger partial charge in [0.05, 0.1) is 16.9 Å². The Labute approximate surface area is 193 Å². The Morgan fingerprint density at radius 2 is 1.61 bits per heavy atom. The predicted molar refractivity (Wildman–Crippen MR) is 125 cm³/mol. The number of ketones is 1. The van der Waals surface area contributed by atoms with Gasteiger partial charge < -0.3 is 15.5 Å². The second-order valence-corrected chi connectivity index (χ2v) is 8.98. The van der Waals surface area contributed by atoms with E-state index in [0.717, 1.165) is 22.2 Å². The van der Waals surface area contributed by atoms with Gasteiger partial charge in [0.15, 0.2) is 0 Å². The van der Waals surface area contributed by atoms with E-state index in [4.69, 9.17) is 0 Å². The zero-order valence-corrected chi connectivity index (χ0v) is 18.2. The minimum atomic E-state index is -1.96. The lowest BCUT2D eigenvalue weighted by molar-refractivity contribution is -0.132. The normalized spacial score (nSPS) is 21.2. The van der Waals surface area contributed by atoms with Crippen molar-refractivity contribution in [3.63, 3.8) is 0 Å². The summed E-state index contributed by atoms with van der Waals surface area (Å²) in [4.78, 5) is 39.9. The number of carbonyl (C=O) groups excluding carboxylic acids is 3. The molecule has 1 atom stereocenters. The smallest absolute Gasteiger partial charge is 0.301 e. The summed E-state index contributed by atoms with van der Waals surface area (Å²) in [6.07, 6.45) is 0. The fraction of sp³-hybridized carbons (Fsp3) is 0.0800. The van der Waals surface area contributed by atoms with Crippen molar-refractivity contribution < 1.29 is 24.6 Å². The average molecular weight is 458 g/mol. The quantitative estimate of drug-likeness (QED) is 0.304. The third kappa shape index (κ3) is 3.02. The fourth-order valence-electron chi connectivity index (χ4n) is 4.06. The zero-order valence-electron chi connectivity index (χ0n) is 17.4. The van der Waals surface area contributed by atoms with Gasteiger partial charge in [-0.05, 0) is 31.2 Å². The minimum absolute atomic E-state index is 0.00964. The molecule has 1 saturated heterocycles. The first-order chi connectivity index (χ1) is 15.8. The summed E-state index contributed by atoms with van der Waals surface area (Å²) in [5.41, 5.74) is 1.40. The molecule has 5 rings (SSSR count). The van der Waals surface area contributed by atoms with Crippen LogP contribution in [0.3, 0.4) is 0 Å². The van der Waals surface area contributed by atoms with Crippen LogP contribution in [0.4, 0.5) is 11.4 Å². The standard InChI is InChI=1S/C25H18N2O5S/c1-14-10-12-15(13-11-14)21(29)20-22(30)23(31)27(17-7-3-4-8-18(17)28)25(20)24(32)26-16-6-2-5-9-19(16)33-25/h2-13,28-29H,1H3,(H,26,32)/b21-20-. The van der Waals surface area contributed by atoms with Gasteiger partial charge in [-0.1, -0.05) is 65.9 Å². The molecule has 1 unspecified atom stereocenters. The van der Waals surface area contributed by atoms with E-state index in [9.17, 15) is 24.6 Å². The van der Waals surface area contributed by atoms with Crippen molar-refractivity contribution >= 4 is 46.5 Å². The van der Waals surface area contributed by atoms with Gasteiger partial charge in [-0.25, -0.2) is 0 Å². The Bertz CT molecular complexity index is 1370. The Kier molecular flexibility index (Phi) is 4.75. The number of fused-ring (bicyclic) bond motifs is 1. The van der Waals surface area contributed by atoms with Gasteiger partial charge in [-0.15, -0.1) is 0 Å². The predicted octanol–water partition coefficient (Wildman–Crippen LogP) is 4.03. The lowest BCUT2D eigenvalue weighted by Gasteiger charge is -2.39. The van der Waals surface area contributed by atoms with Crippen molar-refractivity contribution in [2.45, 2.75) is 16.7 Å². The van der Waals surface area contributed by atoms with Gasteiger partial charge in [0.1, 0.15) is 11.5 Å². The number of anilines is 2. The third-order valence-electron chi connectivity index (χ3n) is 5.66. The van der Waals surface area contributed by atoms with Crippen molar-refractivity contribution in [2.75, 3.05) is 10.2 Å². The highest BCUT2D eigenvalue weighted by Gasteiger charge is 2.64. The Morgan fingerprint density at radius 1 is 0.939 bits per heavy atom. The molecule has 2 aliphatic heterocycles. The summed E-state index contributed by atoms with van der Waals surface area (Å²) >= 11 is 0.972. The number of thioether (sulfide) groups is 1. The molecule has 8 heteroatoms. The maximum Gasteiger partial charge on any atom is 0.301 e. The number of aryl methyl sites for hydroxylation is 1. The van der Waals surface area contributed by atoms with Crippen molar-refractivity contribution in [3.05, 3.63) is 89.5 Å². The van der Waals surface area contributed by atoms with Crippen LogP contribution in [-0.4, -0.2) is 32.7 Å². The van der Waals surface area contributed by atoms with Gasteiger partial charge in [-0.3, -0.25) is 19.3 Å². The van der Waals surface area contributed by atoms with Gasteiger partial charge in [0.2, 0.25) is 4.87 Å². The SMILES string of the molecule is Cc1ccc(/C(O)=C2\C(=O)C(=O)N(c3ccccc3O)C23Sc2ccccc2NC3=O)cc1. The summed E-state index contributed by atoms with van der Waals surface area (Å²) < 4.78 is 0. The molecule has 2 heterocycles. The molecule has 1 spiro atoms. The van der Waals surface area contributed by atoms with E-state index in [1.165, 1.54) is 12.1 Å². The largest absolute Gasteiger partial charge is 0.507 e. The third-order valence-corrected chi connectivity index (χ3v) is 7.11. The molecule has 0 saturated carbocycles. The van der Waals surface area contributed by atoms with Crippen molar-refractivity contribution in [1.82, 2.24) is 0 Å². The van der Waals surface area contributed by atoms with E-state index in [1.54, 1.807) is 60.7 Å². The topological polar surface area (TPSA) is 107 Å². The first-order valence-electron chi connectivity index (χ1n) is 10.1. The van der Waals surface area contributed by atoms with Gasteiger partial charge in [0, 0.05) is 10.5 Å². The van der Waals surface area contributed by atoms with Crippen LogP contribution in [-0.2, 0) is 14.4 Å². The molecular formula is C25H18N2O5S. The first kappa shape index (κ1) is 20.8. The molecule has 2 amide bonds. The minimum Gasteiger partial charge on any atom is -0.507 e. The number of hydrogen-bond acceptors (Lipinski definition) is 6. The van der Waals surface area contributed by atoms with Crippen molar-refractivity contribution in [1.29, 1.82) is 0 Å². The molecule has 0 radical (unpaired) electrons. The lowest BCUT2D eigenvalue weighted by Crippen LogP contribution is -2.55. The van der Waals surface area contributed by atoms with Crippen LogP contribution in [0.25, 0.3) is 5.76 Å². The molecule has 0 aromatic heterocycles. The summed E-state index contributed by atoms with van der Waals surface area (Å²) in [5, 5.41) is 24.5. The second-order valence-electron chi connectivity index (χ2n) is 7.74. The second kappa shape index (κ2) is 7.53. The van der Waals surface area contributed by atoms with E-state index in [1.807, 2.05) is 6.92 Å². The van der Waals surface area contributed by atoms with E-state index in [-0.39, 0.29) is 17.0 Å². The van der Waals surface area contributed by atoms with E-state index in [0.29, 0.717) is 16.1 Å². The van der Waals surface area contributed by atoms with Crippen LogP contribution in [0.1, 0.15) is 11.1 Å². The monoisotopic (exact) mass is 458 g/mol. The number of carbonyl (C=O) groups is 3. The number of nitrogens with zero attached hydrogens (tertiary/aromatic N) is 1. The van der Waals surface area contributed by atoms with E-state index in [2.05, 4.69) is 5.32 Å². The molecule has 0 aliphatic carbocycles. The highest BCUT2D eigenvalue weighted by Crippen LogP contribution is 2.55. The zero-order chi connectivity index (χ0) is 23.3. The van der Waals surface area contributed by atoms with Crippen molar-refractivity contribution in [3.8, 4) is 5.75 Å². The fourth-order valence-corrected chi connectivity index (χ4v) is 5.46. The summed E-state index contributed by atoms with van der Waals surface area (Å²) in [5.74, 6) is -3.46. The Morgan fingerprint density at radius 3 is 2.33 bits per heavy atom. The number of hydrogen-bond donors (Lipinski definition) is 3. The molecule has 0 bridgehead atoms. The average Bonchev–Trinajstić information content (AvgIpc) is 3.02. The van der Waals surface area contributed by atoms with E-state index >= 15 is 0 Å². The summed E-state index contributed by atoms with van der Waals surface area (Å²) in [6, 6.07) is 19.7. The Hall–Kier alpha value is -4.04. The Balaban J connectivity index is 1.83. The van der Waals surface area contributed by atoms with Crippen LogP contribution in [0, 0.1) is 6.92 Å². The van der Waals surface area contributed by atoms with Crippen LogP contribution in [0.2, 0.25) is 0 Å². The first-order valence-corrected chi connectivity index (χ1v) is 10.9. The molecule has 33 heavy (non-hydrogen) atoms. The van der Waals surface area contributed by atoms with Gasteiger partial charge >= 0.3 is 5.91 Å². The molecule has 164 valence electrons. The molecule has 3 aromatic carbocycles. The number of rotatable bonds is 2. The molecule has 3 N–H and O–H groups in total. The van der Waals surface area contributed by atoms with Gasteiger partial charge in [0.25, 0.3) is 11.7 Å². The number of phenolic OH excluding ortho intramolecular Hbond substituents is 1. The molecule has 1 fully saturated rings. The van der Waals surface area contributed by atoms with Crippen LogP contribution in [0.5, 0.6) is 5.75 Å². The summed E-state index contributed by atoms with van der Waals surface area (Å²) in [6.45, 7) is 1.88. The number of amides is 2. The molecule has 3 aromatic rings. The van der Waals surface area contributed by atoms with E-state index < -0.39 is 28.2 Å². The van der Waals surface area contributed by atoms with Gasteiger partial charge in [-0.2, -0.15) is 0 Å². The van der Waals surface area contributed by atoms with Crippen molar-refractivity contribution in [2.24, 2.45) is 0 Å². The number of aliphatic hydroxyl groups is 1. The number of Topliss-reactive ketones (excluding diaryl/α,β-unsaturated/α-hetero) is 1. The van der Waals surface area contributed by atoms with Crippen LogP contribution < -0.4 is 10.2 Å². The number of aliphatic hydroxyl groups excluding tert-OH is 1. The number of aromatic hydroxyl groups is 1. The molecular weight excluding hydrogens is 440 g/mol. The highest BCUT2D eigenvalue weighted by atomic mass is 32.2. The van der Waals surface area contributed by atoms with Crippen LogP contribution >= 0.6 is 11.8 Å². The maximum absolute atomic E-state index is 13.7. The molecule has 7 nitrogen and oxygen atoms in total. The highest BCUT2D eigenvalue weighted by molar-refractivity contribution is 8.02. The molecule has 2 aliphatic rings.